The third kappa shape index (κ3) is 13.7. The molecule has 0 N–H and O–H groups in total. The Bertz CT molecular complexity index is 396. The third-order valence-corrected chi connectivity index (χ3v) is 1.73. The topological polar surface area (TPSA) is 17.1 Å². The van der Waals surface area contributed by atoms with Crippen LogP contribution < -0.4 is 37.2 Å². The summed E-state index contributed by atoms with van der Waals surface area (Å²) >= 11 is 0. The van der Waals surface area contributed by atoms with Crippen LogP contribution in [0.3, 0.4) is 0 Å². The van der Waals surface area contributed by atoms with E-state index < -0.39 is 0 Å². The number of halogens is 3. The van der Waals surface area contributed by atoms with Crippen molar-refractivity contribution in [3.8, 4) is 0 Å². The van der Waals surface area contributed by atoms with Gasteiger partial charge in [0.15, 0.2) is 0 Å². The molecule has 0 saturated carbocycles. The quantitative estimate of drug-likeness (QED) is 0.467. The van der Waals surface area contributed by atoms with Gasteiger partial charge in [-0.05, 0) is 0 Å². The molecule has 2 rings (SSSR count). The minimum absolute atomic E-state index is 0. The maximum atomic E-state index is 9.88. The van der Waals surface area contributed by atoms with Gasteiger partial charge < -0.3 is 42.0 Å². The van der Waals surface area contributed by atoms with Crippen LogP contribution in [0.4, 0.5) is 0 Å². The van der Waals surface area contributed by atoms with Crippen molar-refractivity contribution in [2.24, 2.45) is 0 Å². The first-order valence-corrected chi connectivity index (χ1v) is 4.63. The van der Waals surface area contributed by atoms with Crippen LogP contribution >= 0.6 is 0 Å². The summed E-state index contributed by atoms with van der Waals surface area (Å²) in [6.07, 6.45) is 1.78. The van der Waals surface area contributed by atoms with Crippen LogP contribution in [0.5, 0.6) is 0 Å². The molecule has 0 bridgehead atoms. The number of benzene rings is 2. The smallest absolute Gasteiger partial charge is 0.0627 e. The van der Waals surface area contributed by atoms with Crippen molar-refractivity contribution in [3.63, 3.8) is 0 Å². The summed E-state index contributed by atoms with van der Waals surface area (Å²) in [5, 5.41) is 0. The van der Waals surface area contributed by atoms with Gasteiger partial charge in [0.1, 0.15) is 0 Å². The van der Waals surface area contributed by atoms with Gasteiger partial charge in [-0.15, -0.1) is 24.3 Å². The van der Waals surface area contributed by atoms with E-state index in [9.17, 15) is 4.79 Å². The van der Waals surface area contributed by atoms with Gasteiger partial charge in [-0.1, -0.05) is 12.1 Å². The van der Waals surface area contributed by atoms with Gasteiger partial charge in [0.2, 0.25) is 0 Å². The summed E-state index contributed by atoms with van der Waals surface area (Å²) in [5.74, 6) is 0. The SMILES string of the molecule is O=[C-]c1ccccc1.[CH2-]c1ccccc1.[Cl-].[Cl-].[Cl-].[V]. The van der Waals surface area contributed by atoms with Gasteiger partial charge in [-0.25, -0.2) is 0 Å². The van der Waals surface area contributed by atoms with Crippen molar-refractivity contribution in [3.05, 3.63) is 78.7 Å². The Morgan fingerprint density at radius 1 is 0.737 bits per heavy atom. The number of carbonyl (C=O) groups excluding carboxylic acids is 1. The second-order valence-corrected chi connectivity index (χ2v) is 2.95. The molecule has 1 nitrogen and oxygen atoms in total. The van der Waals surface area contributed by atoms with E-state index in [1.165, 1.54) is 0 Å². The molecule has 0 aliphatic rings. The Kier molecular flexibility index (Phi) is 24.7. The predicted octanol–water partition coefficient (Wildman–Crippen LogP) is -5.98. The first-order valence-electron chi connectivity index (χ1n) is 4.63. The molecular weight excluding hydrogens is 341 g/mol. The predicted molar refractivity (Wildman–Crippen MR) is 62.1 cm³/mol. The summed E-state index contributed by atoms with van der Waals surface area (Å²) in [7, 11) is 0. The molecule has 2 aromatic carbocycles. The van der Waals surface area contributed by atoms with Crippen LogP contribution in [-0.4, -0.2) is 6.29 Å². The molecular formula is C14H12Cl3OV-5. The minimum atomic E-state index is 0. The van der Waals surface area contributed by atoms with Crippen LogP contribution in [0, 0.1) is 6.92 Å². The number of hydrogen-bond donors (Lipinski definition) is 0. The van der Waals surface area contributed by atoms with Gasteiger partial charge in [-0.2, -0.15) is 42.3 Å². The Hall–Kier alpha value is -0.566. The van der Waals surface area contributed by atoms with Gasteiger partial charge >= 0.3 is 0 Å². The molecule has 1 radical (unpaired) electrons. The zero-order valence-corrected chi connectivity index (χ0v) is 13.6. The van der Waals surface area contributed by atoms with Gasteiger partial charge in [-0.3, -0.25) is 0 Å². The summed E-state index contributed by atoms with van der Waals surface area (Å²) in [6.45, 7) is 3.72. The van der Waals surface area contributed by atoms with E-state index >= 15 is 0 Å². The van der Waals surface area contributed by atoms with Crippen LogP contribution in [0.2, 0.25) is 0 Å². The van der Waals surface area contributed by atoms with Crippen molar-refractivity contribution < 1.29 is 60.6 Å². The molecule has 0 heterocycles. The molecule has 0 aliphatic carbocycles. The second-order valence-electron chi connectivity index (χ2n) is 2.95. The molecule has 0 aliphatic heterocycles. The van der Waals surface area contributed by atoms with Crippen molar-refractivity contribution in [1.29, 1.82) is 0 Å². The van der Waals surface area contributed by atoms with Crippen molar-refractivity contribution >= 4 is 6.29 Å². The van der Waals surface area contributed by atoms with E-state index in [0.29, 0.717) is 5.56 Å². The Labute approximate surface area is 145 Å². The van der Waals surface area contributed by atoms with Crippen molar-refractivity contribution in [1.82, 2.24) is 0 Å². The normalized spacial score (nSPS) is 6.74. The van der Waals surface area contributed by atoms with Gasteiger partial charge in [0.25, 0.3) is 0 Å². The molecule has 5 heteroatoms. The fourth-order valence-corrected chi connectivity index (χ4v) is 0.984. The van der Waals surface area contributed by atoms with Crippen molar-refractivity contribution in [2.45, 2.75) is 0 Å². The molecule has 0 saturated heterocycles. The third-order valence-electron chi connectivity index (χ3n) is 1.73. The zero-order valence-electron chi connectivity index (χ0n) is 9.97. The summed E-state index contributed by atoms with van der Waals surface area (Å²) in [4.78, 5) is 9.88. The molecule has 2 aromatic rings. The van der Waals surface area contributed by atoms with E-state index in [2.05, 4.69) is 6.92 Å². The van der Waals surface area contributed by atoms with Gasteiger partial charge in [0, 0.05) is 18.6 Å². The number of hydrogen-bond acceptors (Lipinski definition) is 1. The molecule has 19 heavy (non-hydrogen) atoms. The largest absolute Gasteiger partial charge is 1.00 e. The van der Waals surface area contributed by atoms with E-state index in [4.69, 9.17) is 0 Å². The fourth-order valence-electron chi connectivity index (χ4n) is 0.984. The molecule has 0 atom stereocenters. The Morgan fingerprint density at radius 2 is 1.11 bits per heavy atom. The first-order chi connectivity index (χ1) is 7.33. The van der Waals surface area contributed by atoms with Crippen LogP contribution in [0.1, 0.15) is 11.1 Å². The monoisotopic (exact) mass is 352 g/mol. The molecule has 0 aromatic heterocycles. The van der Waals surface area contributed by atoms with E-state index in [1.807, 2.05) is 36.4 Å². The van der Waals surface area contributed by atoms with E-state index in [0.717, 1.165) is 5.56 Å². The summed E-state index contributed by atoms with van der Waals surface area (Å²) in [5.41, 5.74) is 1.68. The van der Waals surface area contributed by atoms with Crippen LogP contribution in [0.25, 0.3) is 0 Å². The average Bonchev–Trinajstić information content (AvgIpc) is 2.32. The fraction of sp³-hybridized carbons (Fsp3) is 0. The molecule has 0 spiro atoms. The molecule has 105 valence electrons. The minimum Gasteiger partial charge on any atom is -1.00 e. The van der Waals surface area contributed by atoms with Gasteiger partial charge in [0.05, 0.1) is 6.29 Å². The van der Waals surface area contributed by atoms with E-state index in [-0.39, 0.29) is 55.8 Å². The first kappa shape index (κ1) is 26.9. The van der Waals surface area contributed by atoms with Crippen LogP contribution in [-0.2, 0) is 23.4 Å². The van der Waals surface area contributed by atoms with Crippen molar-refractivity contribution in [2.75, 3.05) is 0 Å². The molecule has 0 fully saturated rings. The Balaban J connectivity index is -0.0000000983. The maximum Gasteiger partial charge on any atom is 0.0627 e. The average molecular weight is 354 g/mol. The molecule has 0 unspecified atom stereocenters. The summed E-state index contributed by atoms with van der Waals surface area (Å²) in [6, 6.07) is 18.8. The standard InChI is InChI=1S/C7H5O.C7H7.3ClH.V/c8-6-7-4-2-1-3-5-7;1-7-5-3-2-4-6-7;;;;/h1-5H;2-6H,1H2;3*1H;/q2*-1;;;;/p-3. The number of rotatable bonds is 1. The zero-order chi connectivity index (χ0) is 10.9. The maximum absolute atomic E-state index is 9.88. The molecule has 0 amide bonds. The van der Waals surface area contributed by atoms with Crippen LogP contribution in [0.15, 0.2) is 60.7 Å². The van der Waals surface area contributed by atoms with E-state index in [1.54, 1.807) is 30.6 Å². The second kappa shape index (κ2) is 17.4. The Morgan fingerprint density at radius 3 is 1.32 bits per heavy atom. The summed E-state index contributed by atoms with van der Waals surface area (Å²) < 4.78 is 0.